The standard InChI is InChI=1S/C20H19F3N6OS/c1-13-3-2-4-16(25-13)27-19-26-15(12-31-19)18(30)29-9-7-28(8-10-29)17-6-5-14(11-24-17)20(21,22)23/h2-6,11-12H,7-10H2,1H3,(H,25,26,27). The number of nitrogens with one attached hydrogen (secondary N) is 1. The minimum absolute atomic E-state index is 0.179. The molecule has 3 aromatic rings. The maximum Gasteiger partial charge on any atom is 0.417 e. The minimum atomic E-state index is -4.41. The van der Waals surface area contributed by atoms with Crippen LogP contribution in [-0.4, -0.2) is 51.9 Å². The monoisotopic (exact) mass is 448 g/mol. The maximum absolute atomic E-state index is 12.8. The van der Waals surface area contributed by atoms with Crippen molar-refractivity contribution < 1.29 is 18.0 Å². The number of rotatable bonds is 4. The average molecular weight is 448 g/mol. The third kappa shape index (κ3) is 4.93. The fourth-order valence-electron chi connectivity index (χ4n) is 3.19. The molecule has 1 amide bonds. The molecule has 0 aliphatic carbocycles. The summed E-state index contributed by atoms with van der Waals surface area (Å²) >= 11 is 1.32. The second-order valence-electron chi connectivity index (χ2n) is 7.01. The molecule has 1 fully saturated rings. The van der Waals surface area contributed by atoms with E-state index in [0.29, 0.717) is 48.6 Å². The molecule has 4 heterocycles. The summed E-state index contributed by atoms with van der Waals surface area (Å²) in [7, 11) is 0. The van der Waals surface area contributed by atoms with E-state index in [1.165, 1.54) is 17.4 Å². The van der Waals surface area contributed by atoms with Crippen molar-refractivity contribution in [2.75, 3.05) is 36.4 Å². The van der Waals surface area contributed by atoms with Gasteiger partial charge in [0.1, 0.15) is 17.3 Å². The van der Waals surface area contributed by atoms with Crippen molar-refractivity contribution in [1.82, 2.24) is 19.9 Å². The van der Waals surface area contributed by atoms with E-state index in [9.17, 15) is 18.0 Å². The van der Waals surface area contributed by atoms with E-state index in [1.54, 1.807) is 10.3 Å². The van der Waals surface area contributed by atoms with Gasteiger partial charge in [-0.1, -0.05) is 6.07 Å². The van der Waals surface area contributed by atoms with Crippen LogP contribution in [0.25, 0.3) is 0 Å². The van der Waals surface area contributed by atoms with Gasteiger partial charge in [0.15, 0.2) is 5.13 Å². The van der Waals surface area contributed by atoms with Gasteiger partial charge in [0.25, 0.3) is 5.91 Å². The first-order valence-electron chi connectivity index (χ1n) is 9.53. The fourth-order valence-corrected chi connectivity index (χ4v) is 3.88. The number of anilines is 3. The van der Waals surface area contributed by atoms with Crippen LogP contribution in [0.1, 0.15) is 21.7 Å². The van der Waals surface area contributed by atoms with Crippen molar-refractivity contribution in [2.24, 2.45) is 0 Å². The lowest BCUT2D eigenvalue weighted by atomic mass is 10.2. The summed E-state index contributed by atoms with van der Waals surface area (Å²) in [4.78, 5) is 29.0. The van der Waals surface area contributed by atoms with E-state index in [0.717, 1.165) is 18.0 Å². The number of piperazine rings is 1. The molecule has 31 heavy (non-hydrogen) atoms. The highest BCUT2D eigenvalue weighted by Crippen LogP contribution is 2.29. The molecule has 0 unspecified atom stereocenters. The molecule has 0 saturated carbocycles. The van der Waals surface area contributed by atoms with Gasteiger partial charge in [-0.3, -0.25) is 4.79 Å². The average Bonchev–Trinajstić information content (AvgIpc) is 3.21. The summed E-state index contributed by atoms with van der Waals surface area (Å²) in [6.45, 7) is 3.71. The quantitative estimate of drug-likeness (QED) is 0.651. The molecule has 3 aromatic heterocycles. The summed E-state index contributed by atoms with van der Waals surface area (Å²) in [5, 5.41) is 5.37. The van der Waals surface area contributed by atoms with Crippen molar-refractivity contribution in [3.63, 3.8) is 0 Å². The number of hydrogen-bond acceptors (Lipinski definition) is 7. The third-order valence-electron chi connectivity index (χ3n) is 4.81. The number of thiazole rings is 1. The van der Waals surface area contributed by atoms with Crippen molar-refractivity contribution in [3.05, 3.63) is 58.9 Å². The molecule has 1 N–H and O–H groups in total. The summed E-state index contributed by atoms with van der Waals surface area (Å²) in [5.74, 6) is 0.943. The zero-order valence-electron chi connectivity index (χ0n) is 16.6. The van der Waals surface area contributed by atoms with Crippen molar-refractivity contribution in [1.29, 1.82) is 0 Å². The van der Waals surface area contributed by atoms with E-state index in [1.807, 2.05) is 30.0 Å². The Hall–Kier alpha value is -3.21. The number of aryl methyl sites for hydroxylation is 1. The second-order valence-corrected chi connectivity index (χ2v) is 7.87. The molecule has 7 nitrogen and oxygen atoms in total. The Kier molecular flexibility index (Phi) is 5.77. The van der Waals surface area contributed by atoms with Crippen LogP contribution in [0, 0.1) is 6.92 Å². The molecular formula is C20H19F3N6OS. The zero-order chi connectivity index (χ0) is 22.0. The first-order chi connectivity index (χ1) is 14.8. The lowest BCUT2D eigenvalue weighted by Gasteiger charge is -2.35. The van der Waals surface area contributed by atoms with Crippen molar-refractivity contribution in [2.45, 2.75) is 13.1 Å². The molecule has 0 atom stereocenters. The molecule has 1 aliphatic rings. The number of amides is 1. The Labute approximate surface area is 180 Å². The second kappa shape index (κ2) is 8.50. The molecule has 11 heteroatoms. The molecule has 162 valence electrons. The zero-order valence-corrected chi connectivity index (χ0v) is 17.4. The number of nitrogens with zero attached hydrogens (tertiary/aromatic N) is 5. The highest BCUT2D eigenvalue weighted by molar-refractivity contribution is 7.14. The lowest BCUT2D eigenvalue weighted by Crippen LogP contribution is -2.49. The Morgan fingerprint density at radius 3 is 2.52 bits per heavy atom. The molecule has 1 aliphatic heterocycles. The number of hydrogen-bond donors (Lipinski definition) is 1. The van der Waals surface area contributed by atoms with Crippen LogP contribution < -0.4 is 10.2 Å². The van der Waals surface area contributed by atoms with Crippen molar-refractivity contribution >= 4 is 34.0 Å². The maximum atomic E-state index is 12.8. The van der Waals surface area contributed by atoms with Gasteiger partial charge < -0.3 is 15.1 Å². The first kappa shape index (κ1) is 21.0. The van der Waals surface area contributed by atoms with Crippen LogP contribution in [0.3, 0.4) is 0 Å². The molecule has 0 radical (unpaired) electrons. The number of aromatic nitrogens is 3. The normalized spacial score (nSPS) is 14.6. The fraction of sp³-hybridized carbons (Fsp3) is 0.300. The third-order valence-corrected chi connectivity index (χ3v) is 5.57. The lowest BCUT2D eigenvalue weighted by molar-refractivity contribution is -0.137. The number of carbonyl (C=O) groups excluding carboxylic acids is 1. The van der Waals surface area contributed by atoms with Gasteiger partial charge in [-0.25, -0.2) is 15.0 Å². The number of alkyl halides is 3. The van der Waals surface area contributed by atoms with Crippen LogP contribution in [0.4, 0.5) is 29.9 Å². The van der Waals surface area contributed by atoms with E-state index in [2.05, 4.69) is 20.3 Å². The number of carbonyl (C=O) groups is 1. The molecule has 1 saturated heterocycles. The van der Waals surface area contributed by atoms with E-state index < -0.39 is 11.7 Å². The largest absolute Gasteiger partial charge is 0.417 e. The molecule has 0 bridgehead atoms. The summed E-state index contributed by atoms with van der Waals surface area (Å²) < 4.78 is 38.1. The molecule has 0 aromatic carbocycles. The van der Waals surface area contributed by atoms with Crippen LogP contribution >= 0.6 is 11.3 Å². The predicted molar refractivity (Wildman–Crippen MR) is 112 cm³/mol. The molecular weight excluding hydrogens is 429 g/mol. The SMILES string of the molecule is Cc1cccc(Nc2nc(C(=O)N3CCN(c4ccc(C(F)(F)F)cn4)CC3)cs2)n1. The Balaban J connectivity index is 1.35. The minimum Gasteiger partial charge on any atom is -0.353 e. The number of pyridine rings is 2. The van der Waals surface area contributed by atoms with Gasteiger partial charge in [-0.15, -0.1) is 11.3 Å². The summed E-state index contributed by atoms with van der Waals surface area (Å²) in [5.41, 5.74) is 0.443. The van der Waals surface area contributed by atoms with E-state index in [-0.39, 0.29) is 5.91 Å². The summed E-state index contributed by atoms with van der Waals surface area (Å²) in [6.07, 6.45) is -3.58. The Morgan fingerprint density at radius 2 is 1.87 bits per heavy atom. The van der Waals surface area contributed by atoms with Crippen LogP contribution in [0.15, 0.2) is 41.9 Å². The van der Waals surface area contributed by atoms with Gasteiger partial charge in [0.2, 0.25) is 0 Å². The predicted octanol–water partition coefficient (Wildman–Crippen LogP) is 3.97. The van der Waals surface area contributed by atoms with Crippen molar-refractivity contribution in [3.8, 4) is 0 Å². The summed E-state index contributed by atoms with van der Waals surface area (Å²) in [6, 6.07) is 7.98. The highest BCUT2D eigenvalue weighted by Gasteiger charge is 2.31. The van der Waals surface area contributed by atoms with E-state index in [4.69, 9.17) is 0 Å². The Morgan fingerprint density at radius 1 is 1.10 bits per heavy atom. The molecule has 0 spiro atoms. The van der Waals surface area contributed by atoms with Crippen LogP contribution in [0.2, 0.25) is 0 Å². The van der Waals surface area contributed by atoms with E-state index >= 15 is 0 Å². The van der Waals surface area contributed by atoms with Crippen LogP contribution in [0.5, 0.6) is 0 Å². The van der Waals surface area contributed by atoms with Gasteiger partial charge >= 0.3 is 6.18 Å². The topological polar surface area (TPSA) is 74.2 Å². The van der Waals surface area contributed by atoms with Crippen LogP contribution in [-0.2, 0) is 6.18 Å². The van der Waals surface area contributed by atoms with Gasteiger partial charge in [-0.2, -0.15) is 13.2 Å². The number of halogens is 3. The molecule has 4 rings (SSSR count). The highest BCUT2D eigenvalue weighted by atomic mass is 32.1. The van der Waals surface area contributed by atoms with Gasteiger partial charge in [0, 0.05) is 43.4 Å². The Bertz CT molecular complexity index is 1060. The van der Waals surface area contributed by atoms with Gasteiger partial charge in [-0.05, 0) is 31.2 Å². The van der Waals surface area contributed by atoms with Gasteiger partial charge in [0.05, 0.1) is 5.56 Å². The first-order valence-corrected chi connectivity index (χ1v) is 10.4. The smallest absolute Gasteiger partial charge is 0.353 e.